The van der Waals surface area contributed by atoms with Crippen LogP contribution in [0.25, 0.3) is 5.69 Å². The smallest absolute Gasteiger partial charge is 0.358 e. The minimum Gasteiger partial charge on any atom is -0.464 e. The van der Waals surface area contributed by atoms with Crippen LogP contribution in [0.5, 0.6) is 0 Å². The summed E-state index contributed by atoms with van der Waals surface area (Å²) in [7, 11) is 1.35. The van der Waals surface area contributed by atoms with Crippen LogP contribution in [-0.2, 0) is 17.7 Å². The van der Waals surface area contributed by atoms with Crippen LogP contribution in [0.2, 0.25) is 10.0 Å². The number of ether oxygens (including phenoxy) is 1. The predicted octanol–water partition coefficient (Wildman–Crippen LogP) is 5.91. The number of aromatic nitrogens is 2. The molecule has 5 rings (SSSR count). The lowest BCUT2D eigenvalue weighted by molar-refractivity contribution is 0.0593. The molecule has 0 N–H and O–H groups in total. The van der Waals surface area contributed by atoms with Gasteiger partial charge >= 0.3 is 5.97 Å². The van der Waals surface area contributed by atoms with Crippen LogP contribution >= 0.6 is 23.2 Å². The molecule has 33 heavy (non-hydrogen) atoms. The molecule has 0 fully saturated rings. The van der Waals surface area contributed by atoms with Crippen LogP contribution < -0.4 is 0 Å². The molecule has 7 heteroatoms. The molecule has 1 aliphatic heterocycles. The van der Waals surface area contributed by atoms with Gasteiger partial charge in [0.05, 0.1) is 30.7 Å². The second-order valence-electron chi connectivity index (χ2n) is 7.62. The summed E-state index contributed by atoms with van der Waals surface area (Å²) in [6.45, 7) is 0.235. The molecule has 0 saturated carbocycles. The SMILES string of the molecule is COC(=O)c1nc(Cc2ccccc2)n2c1CN=C(c1ccccc1Cl)c1cc(Cl)ccc1-2. The Morgan fingerprint density at radius 3 is 2.52 bits per heavy atom. The standard InChI is InChI=1S/C26H19Cl2N3O2/c1-33-26(32)25-22-15-29-24(18-9-5-6-10-20(18)28)19-14-17(27)11-12-21(19)31(22)23(30-25)13-16-7-3-2-4-8-16/h2-12,14H,13,15H2,1H3. The molecular weight excluding hydrogens is 457 g/mol. The van der Waals surface area contributed by atoms with Gasteiger partial charge in [-0.25, -0.2) is 9.78 Å². The van der Waals surface area contributed by atoms with E-state index in [0.717, 1.165) is 28.2 Å². The van der Waals surface area contributed by atoms with E-state index in [9.17, 15) is 4.79 Å². The average Bonchev–Trinajstić information content (AvgIpc) is 3.09. The number of carbonyl (C=O) groups excluding carboxylic acids is 1. The predicted molar refractivity (Wildman–Crippen MR) is 130 cm³/mol. The van der Waals surface area contributed by atoms with Gasteiger partial charge in [0.1, 0.15) is 5.82 Å². The van der Waals surface area contributed by atoms with Crippen molar-refractivity contribution in [2.75, 3.05) is 7.11 Å². The molecule has 0 radical (unpaired) electrons. The van der Waals surface area contributed by atoms with E-state index in [4.69, 9.17) is 37.9 Å². The summed E-state index contributed by atoms with van der Waals surface area (Å²) in [4.78, 5) is 22.2. The first kappa shape index (κ1) is 21.4. The minimum absolute atomic E-state index is 0.235. The van der Waals surface area contributed by atoms with Crippen LogP contribution in [0.3, 0.4) is 0 Å². The van der Waals surface area contributed by atoms with E-state index in [1.807, 2.05) is 77.4 Å². The van der Waals surface area contributed by atoms with Gasteiger partial charge in [0, 0.05) is 27.6 Å². The number of hydrogen-bond acceptors (Lipinski definition) is 4. The number of rotatable bonds is 4. The molecule has 1 aliphatic rings. The van der Waals surface area contributed by atoms with Gasteiger partial charge in [-0.3, -0.25) is 9.56 Å². The van der Waals surface area contributed by atoms with Crippen LogP contribution in [-0.4, -0.2) is 28.3 Å². The van der Waals surface area contributed by atoms with Crippen molar-refractivity contribution >= 4 is 34.9 Å². The number of hydrogen-bond donors (Lipinski definition) is 0. The molecule has 0 spiro atoms. The first-order valence-electron chi connectivity index (χ1n) is 10.4. The number of methoxy groups -OCH3 is 1. The maximum atomic E-state index is 12.6. The van der Waals surface area contributed by atoms with Crippen molar-refractivity contribution in [3.8, 4) is 5.69 Å². The van der Waals surface area contributed by atoms with Crippen LogP contribution in [0.15, 0.2) is 77.8 Å². The Morgan fingerprint density at radius 2 is 1.76 bits per heavy atom. The Morgan fingerprint density at radius 1 is 1.00 bits per heavy atom. The van der Waals surface area contributed by atoms with Crippen LogP contribution in [0.4, 0.5) is 0 Å². The van der Waals surface area contributed by atoms with E-state index in [0.29, 0.717) is 27.9 Å². The number of aliphatic imine (C=N–C) groups is 1. The Balaban J connectivity index is 1.77. The first-order chi connectivity index (χ1) is 16.1. The topological polar surface area (TPSA) is 56.5 Å². The molecule has 0 bridgehead atoms. The van der Waals surface area contributed by atoms with Crippen molar-refractivity contribution < 1.29 is 9.53 Å². The number of fused-ring (bicyclic) bond motifs is 3. The van der Waals surface area contributed by atoms with Crippen molar-refractivity contribution in [2.24, 2.45) is 4.99 Å². The summed E-state index contributed by atoms with van der Waals surface area (Å²) in [6.07, 6.45) is 0.536. The van der Waals surface area contributed by atoms with Crippen molar-refractivity contribution in [2.45, 2.75) is 13.0 Å². The van der Waals surface area contributed by atoms with Gasteiger partial charge in [-0.2, -0.15) is 0 Å². The molecular formula is C26H19Cl2N3O2. The Kier molecular flexibility index (Phi) is 5.75. The Bertz CT molecular complexity index is 1390. The molecule has 5 nitrogen and oxygen atoms in total. The summed E-state index contributed by atoms with van der Waals surface area (Å²) >= 11 is 12.9. The number of benzene rings is 3. The molecule has 0 atom stereocenters. The van der Waals surface area contributed by atoms with E-state index < -0.39 is 5.97 Å². The summed E-state index contributed by atoms with van der Waals surface area (Å²) in [5, 5.41) is 1.17. The molecule has 1 aromatic heterocycles. The van der Waals surface area contributed by atoms with Gasteiger partial charge in [0.25, 0.3) is 0 Å². The largest absolute Gasteiger partial charge is 0.464 e. The fraction of sp³-hybridized carbons (Fsp3) is 0.115. The number of imidazole rings is 1. The Hall–Kier alpha value is -3.41. The number of halogens is 2. The van der Waals surface area contributed by atoms with E-state index in [2.05, 4.69) is 0 Å². The zero-order valence-corrected chi connectivity index (χ0v) is 19.3. The van der Waals surface area contributed by atoms with E-state index in [1.54, 1.807) is 0 Å². The monoisotopic (exact) mass is 475 g/mol. The zero-order valence-electron chi connectivity index (χ0n) is 17.8. The fourth-order valence-electron chi connectivity index (χ4n) is 4.11. The molecule has 0 amide bonds. The summed E-state index contributed by atoms with van der Waals surface area (Å²) in [6, 6.07) is 23.2. The third-order valence-electron chi connectivity index (χ3n) is 5.60. The lowest BCUT2D eigenvalue weighted by atomic mass is 10.00. The normalized spacial score (nSPS) is 12.4. The Labute approximate surface area is 201 Å². The van der Waals surface area contributed by atoms with Gasteiger partial charge < -0.3 is 4.74 Å². The summed E-state index contributed by atoms with van der Waals surface area (Å²) in [5.41, 5.74) is 5.16. The van der Waals surface area contributed by atoms with Crippen molar-refractivity contribution in [1.29, 1.82) is 0 Å². The van der Waals surface area contributed by atoms with Crippen LogP contribution in [0.1, 0.15) is 38.7 Å². The molecule has 0 saturated heterocycles. The van der Waals surface area contributed by atoms with Gasteiger partial charge in [0.2, 0.25) is 0 Å². The average molecular weight is 476 g/mol. The molecule has 2 heterocycles. The van der Waals surface area contributed by atoms with Crippen LogP contribution in [0, 0.1) is 0 Å². The van der Waals surface area contributed by atoms with Crippen molar-refractivity contribution in [3.05, 3.63) is 117 Å². The number of carbonyl (C=O) groups is 1. The van der Waals surface area contributed by atoms with E-state index in [-0.39, 0.29) is 12.2 Å². The second kappa shape index (κ2) is 8.85. The molecule has 0 aliphatic carbocycles. The fourth-order valence-corrected chi connectivity index (χ4v) is 4.51. The minimum atomic E-state index is -0.495. The van der Waals surface area contributed by atoms with E-state index >= 15 is 0 Å². The third-order valence-corrected chi connectivity index (χ3v) is 6.16. The molecule has 3 aromatic carbocycles. The second-order valence-corrected chi connectivity index (χ2v) is 8.46. The first-order valence-corrected chi connectivity index (χ1v) is 11.1. The summed E-state index contributed by atoms with van der Waals surface area (Å²) in [5.74, 6) is 0.223. The lowest BCUT2D eigenvalue weighted by Crippen LogP contribution is -2.10. The summed E-state index contributed by atoms with van der Waals surface area (Å²) < 4.78 is 7.04. The maximum Gasteiger partial charge on any atom is 0.358 e. The highest BCUT2D eigenvalue weighted by Crippen LogP contribution is 2.33. The van der Waals surface area contributed by atoms with Gasteiger partial charge in [-0.1, -0.05) is 71.7 Å². The van der Waals surface area contributed by atoms with Gasteiger partial charge in [-0.15, -0.1) is 0 Å². The van der Waals surface area contributed by atoms with E-state index in [1.165, 1.54) is 7.11 Å². The van der Waals surface area contributed by atoms with Crippen molar-refractivity contribution in [1.82, 2.24) is 9.55 Å². The highest BCUT2D eigenvalue weighted by Gasteiger charge is 2.29. The van der Waals surface area contributed by atoms with Gasteiger partial charge in [0.15, 0.2) is 5.69 Å². The van der Waals surface area contributed by atoms with Crippen molar-refractivity contribution in [3.63, 3.8) is 0 Å². The molecule has 164 valence electrons. The number of esters is 1. The third kappa shape index (κ3) is 3.94. The number of nitrogens with zero attached hydrogens (tertiary/aromatic N) is 3. The molecule has 4 aromatic rings. The van der Waals surface area contributed by atoms with Gasteiger partial charge in [-0.05, 0) is 29.8 Å². The lowest BCUT2D eigenvalue weighted by Gasteiger charge is -2.15. The highest BCUT2D eigenvalue weighted by atomic mass is 35.5. The zero-order chi connectivity index (χ0) is 22.9. The maximum absolute atomic E-state index is 12.6. The quantitative estimate of drug-likeness (QED) is 0.344. The molecule has 0 unspecified atom stereocenters. The highest BCUT2D eigenvalue weighted by molar-refractivity contribution is 6.36.